The molecule has 0 unspecified atom stereocenters. The van der Waals surface area contributed by atoms with Crippen LogP contribution in [-0.4, -0.2) is 28.4 Å². The molecule has 0 aliphatic rings. The van der Waals surface area contributed by atoms with Crippen molar-refractivity contribution in [1.29, 1.82) is 0 Å². The molecule has 0 saturated heterocycles. The number of benzene rings is 2. The molecule has 0 amide bonds. The molecular formula is C20H25O4. The first-order chi connectivity index (χ1) is 11.7. The number of rotatable bonds is 9. The number of methoxy groups -OCH3 is 4. The Morgan fingerprint density at radius 1 is 0.750 bits per heavy atom. The lowest BCUT2D eigenvalue weighted by Gasteiger charge is -2.15. The average molecular weight is 329 g/mol. The Morgan fingerprint density at radius 2 is 1.42 bits per heavy atom. The van der Waals surface area contributed by atoms with E-state index in [1.807, 2.05) is 12.1 Å². The molecule has 1 radical (unpaired) electrons. The fourth-order valence-corrected chi connectivity index (χ4v) is 2.70. The summed E-state index contributed by atoms with van der Waals surface area (Å²) in [6, 6.07) is 13.3. The summed E-state index contributed by atoms with van der Waals surface area (Å²) in [5, 5.41) is 0. The smallest absolute Gasteiger partial charge is 0.203 e. The van der Waals surface area contributed by atoms with Crippen LogP contribution in [-0.2, 0) is 12.8 Å². The Hall–Kier alpha value is -2.36. The highest BCUT2D eigenvalue weighted by molar-refractivity contribution is 5.55. The zero-order valence-electron chi connectivity index (χ0n) is 14.8. The minimum Gasteiger partial charge on any atom is -0.497 e. The Balaban J connectivity index is 1.94. The normalized spacial score (nSPS) is 10.3. The Kier molecular flexibility index (Phi) is 6.79. The molecule has 0 saturated carbocycles. The second-order valence-electron chi connectivity index (χ2n) is 5.46. The standard InChI is InChI=1S/C20H25O4/c1-21-17-12-9-15(10-13-17)7-5-6-8-16-11-14-18(22-2)20(24-4)19(16)23-3/h9-10,12-14H,5-8H2,1-4H3. The third-order valence-corrected chi connectivity index (χ3v) is 4.01. The van der Waals surface area contributed by atoms with Crippen molar-refractivity contribution in [3.05, 3.63) is 47.5 Å². The van der Waals surface area contributed by atoms with Crippen LogP contribution >= 0.6 is 0 Å². The summed E-state index contributed by atoms with van der Waals surface area (Å²) in [7, 11) is 6.56. The summed E-state index contributed by atoms with van der Waals surface area (Å²) in [5.41, 5.74) is 2.34. The molecule has 0 atom stereocenters. The van der Waals surface area contributed by atoms with Gasteiger partial charge in [-0.25, -0.2) is 0 Å². The highest BCUT2D eigenvalue weighted by atomic mass is 16.5. The van der Waals surface area contributed by atoms with Gasteiger partial charge in [-0.2, -0.15) is 0 Å². The van der Waals surface area contributed by atoms with Crippen molar-refractivity contribution in [2.75, 3.05) is 28.4 Å². The molecule has 0 fully saturated rings. The first-order valence-electron chi connectivity index (χ1n) is 8.06. The van der Waals surface area contributed by atoms with Crippen LogP contribution in [0.5, 0.6) is 23.0 Å². The molecule has 0 bridgehead atoms. The number of aryl methyl sites for hydroxylation is 2. The van der Waals surface area contributed by atoms with E-state index in [-0.39, 0.29) is 0 Å². The van der Waals surface area contributed by atoms with Crippen molar-refractivity contribution in [2.24, 2.45) is 0 Å². The maximum absolute atomic E-state index is 5.50. The molecule has 0 aliphatic carbocycles. The molecule has 2 aromatic carbocycles. The Labute approximate surface area is 144 Å². The molecule has 0 spiro atoms. The highest BCUT2D eigenvalue weighted by Gasteiger charge is 2.15. The maximum atomic E-state index is 5.50. The number of ether oxygens (including phenoxy) is 4. The van der Waals surface area contributed by atoms with Gasteiger partial charge in [0.05, 0.1) is 28.4 Å². The van der Waals surface area contributed by atoms with Gasteiger partial charge in [-0.3, -0.25) is 0 Å². The second-order valence-corrected chi connectivity index (χ2v) is 5.46. The summed E-state index contributed by atoms with van der Waals surface area (Å²) in [4.78, 5) is 0. The van der Waals surface area contributed by atoms with Crippen molar-refractivity contribution in [2.45, 2.75) is 25.7 Å². The summed E-state index contributed by atoms with van der Waals surface area (Å²) in [6.45, 7) is 0. The van der Waals surface area contributed by atoms with Gasteiger partial charge in [-0.05, 0) is 55.5 Å². The maximum Gasteiger partial charge on any atom is 0.203 e. The van der Waals surface area contributed by atoms with Gasteiger partial charge in [0.25, 0.3) is 0 Å². The molecular weight excluding hydrogens is 304 g/mol. The number of hydrogen-bond donors (Lipinski definition) is 0. The van der Waals surface area contributed by atoms with Crippen molar-refractivity contribution in [1.82, 2.24) is 0 Å². The van der Waals surface area contributed by atoms with Crippen molar-refractivity contribution >= 4 is 0 Å². The largest absolute Gasteiger partial charge is 0.497 e. The Morgan fingerprint density at radius 3 is 2.00 bits per heavy atom. The van der Waals surface area contributed by atoms with Gasteiger partial charge >= 0.3 is 0 Å². The molecule has 2 rings (SSSR count). The van der Waals surface area contributed by atoms with E-state index < -0.39 is 0 Å². The molecule has 0 aliphatic heterocycles. The lowest BCUT2D eigenvalue weighted by Crippen LogP contribution is -1.99. The number of unbranched alkanes of at least 4 members (excludes halogenated alkanes) is 1. The van der Waals surface area contributed by atoms with Gasteiger partial charge in [0, 0.05) is 5.56 Å². The third kappa shape index (κ3) is 4.34. The predicted molar refractivity (Wildman–Crippen MR) is 94.6 cm³/mol. The quantitative estimate of drug-likeness (QED) is 0.650. The molecule has 4 nitrogen and oxygen atoms in total. The van der Waals surface area contributed by atoms with E-state index in [9.17, 15) is 0 Å². The van der Waals surface area contributed by atoms with E-state index >= 15 is 0 Å². The summed E-state index contributed by atoms with van der Waals surface area (Å²) in [5.74, 6) is 2.87. The first kappa shape index (κ1) is 18.0. The van der Waals surface area contributed by atoms with Crippen molar-refractivity contribution in [3.8, 4) is 23.0 Å². The van der Waals surface area contributed by atoms with Crippen LogP contribution in [0.4, 0.5) is 0 Å². The molecule has 24 heavy (non-hydrogen) atoms. The fourth-order valence-electron chi connectivity index (χ4n) is 2.70. The topological polar surface area (TPSA) is 36.9 Å². The SMILES string of the molecule is COc1ccc(CCCCc2[c]cc(OC)c(OC)c2OC)cc1. The Bertz CT molecular complexity index is 635. The van der Waals surface area contributed by atoms with E-state index in [1.54, 1.807) is 34.5 Å². The summed E-state index contributed by atoms with van der Waals surface area (Å²) in [6.07, 6.45) is 4.07. The van der Waals surface area contributed by atoms with E-state index in [2.05, 4.69) is 18.2 Å². The first-order valence-corrected chi connectivity index (χ1v) is 8.06. The fraction of sp³-hybridized carbons (Fsp3) is 0.400. The van der Waals surface area contributed by atoms with Crippen LogP contribution in [0.15, 0.2) is 30.3 Å². The minimum absolute atomic E-state index is 0.629. The minimum atomic E-state index is 0.629. The van der Waals surface area contributed by atoms with E-state index in [4.69, 9.17) is 18.9 Å². The predicted octanol–water partition coefficient (Wildman–Crippen LogP) is 4.09. The van der Waals surface area contributed by atoms with Crippen LogP contribution in [0.25, 0.3) is 0 Å². The van der Waals surface area contributed by atoms with Crippen molar-refractivity contribution < 1.29 is 18.9 Å². The number of hydrogen-bond acceptors (Lipinski definition) is 4. The van der Waals surface area contributed by atoms with E-state index in [0.29, 0.717) is 17.2 Å². The molecule has 0 heterocycles. The monoisotopic (exact) mass is 329 g/mol. The molecule has 4 heteroatoms. The van der Waals surface area contributed by atoms with Crippen LogP contribution in [0.1, 0.15) is 24.0 Å². The van der Waals surface area contributed by atoms with Gasteiger partial charge in [0.15, 0.2) is 11.5 Å². The van der Waals surface area contributed by atoms with Crippen LogP contribution in [0, 0.1) is 6.07 Å². The average Bonchev–Trinajstić information content (AvgIpc) is 2.64. The van der Waals surface area contributed by atoms with Crippen molar-refractivity contribution in [3.63, 3.8) is 0 Å². The van der Waals surface area contributed by atoms with Gasteiger partial charge in [-0.1, -0.05) is 12.1 Å². The lowest BCUT2D eigenvalue weighted by molar-refractivity contribution is 0.322. The van der Waals surface area contributed by atoms with Crippen LogP contribution < -0.4 is 18.9 Å². The van der Waals surface area contributed by atoms with Crippen LogP contribution in [0.2, 0.25) is 0 Å². The second kappa shape index (κ2) is 9.06. The zero-order valence-corrected chi connectivity index (χ0v) is 14.8. The van der Waals surface area contributed by atoms with Gasteiger partial charge in [-0.15, -0.1) is 0 Å². The van der Waals surface area contributed by atoms with Gasteiger partial charge < -0.3 is 18.9 Å². The highest BCUT2D eigenvalue weighted by Crippen LogP contribution is 2.39. The summed E-state index contributed by atoms with van der Waals surface area (Å²) >= 11 is 0. The van der Waals surface area contributed by atoms with Gasteiger partial charge in [0.1, 0.15) is 5.75 Å². The lowest BCUT2D eigenvalue weighted by atomic mass is 10.0. The summed E-state index contributed by atoms with van der Waals surface area (Å²) < 4.78 is 21.4. The molecule has 0 aromatic heterocycles. The van der Waals surface area contributed by atoms with E-state index in [0.717, 1.165) is 37.0 Å². The molecule has 2 aromatic rings. The zero-order chi connectivity index (χ0) is 17.4. The van der Waals surface area contributed by atoms with Crippen LogP contribution in [0.3, 0.4) is 0 Å². The molecule has 0 N–H and O–H groups in total. The van der Waals surface area contributed by atoms with E-state index in [1.165, 1.54) is 5.56 Å². The molecule has 129 valence electrons. The van der Waals surface area contributed by atoms with Gasteiger partial charge in [0.2, 0.25) is 5.75 Å². The third-order valence-electron chi connectivity index (χ3n) is 4.01.